The zero-order valence-electron chi connectivity index (χ0n) is 14.5. The number of nitrogens with one attached hydrogen (secondary N) is 2. The van der Waals surface area contributed by atoms with Gasteiger partial charge in [0.2, 0.25) is 5.91 Å². The first-order valence-corrected chi connectivity index (χ1v) is 8.49. The van der Waals surface area contributed by atoms with Crippen LogP contribution in [0.4, 0.5) is 5.69 Å². The van der Waals surface area contributed by atoms with Gasteiger partial charge in [-0.2, -0.15) is 0 Å². The Balaban J connectivity index is 1.96. The summed E-state index contributed by atoms with van der Waals surface area (Å²) in [4.78, 5) is 26.7. The Morgan fingerprint density at radius 1 is 1.25 bits per heavy atom. The van der Waals surface area contributed by atoms with Crippen LogP contribution in [0.1, 0.15) is 30.1 Å². The number of carbonyl (C=O) groups is 2. The maximum Gasteiger partial charge on any atom is 0.255 e. The first-order valence-electron chi connectivity index (χ1n) is 8.49. The fourth-order valence-electron chi connectivity index (χ4n) is 2.73. The molecule has 132 valence electrons. The zero-order valence-corrected chi connectivity index (χ0v) is 14.5. The maximum atomic E-state index is 12.8. The summed E-state index contributed by atoms with van der Waals surface area (Å²) in [6.07, 6.45) is 2.06. The molecule has 1 heterocycles. The molecule has 0 saturated carbocycles. The van der Waals surface area contributed by atoms with Crippen molar-refractivity contribution in [2.45, 2.75) is 19.8 Å². The maximum absolute atomic E-state index is 12.8. The molecule has 2 N–H and O–H groups in total. The lowest BCUT2D eigenvalue weighted by atomic mass is 9.98. The Hall–Kier alpha value is -1.92. The molecule has 0 radical (unpaired) electrons. The van der Waals surface area contributed by atoms with Crippen molar-refractivity contribution >= 4 is 17.5 Å². The molecule has 1 fully saturated rings. The van der Waals surface area contributed by atoms with E-state index in [1.807, 2.05) is 17.0 Å². The molecule has 6 nitrogen and oxygen atoms in total. The van der Waals surface area contributed by atoms with E-state index in [4.69, 9.17) is 4.74 Å². The number of benzene rings is 1. The van der Waals surface area contributed by atoms with Crippen molar-refractivity contribution < 1.29 is 14.3 Å². The monoisotopic (exact) mass is 333 g/mol. The topological polar surface area (TPSA) is 70.7 Å². The summed E-state index contributed by atoms with van der Waals surface area (Å²) < 4.78 is 4.92. The Morgan fingerprint density at radius 2 is 1.96 bits per heavy atom. The number of piperidine rings is 1. The van der Waals surface area contributed by atoms with E-state index in [1.54, 1.807) is 19.2 Å². The van der Waals surface area contributed by atoms with Gasteiger partial charge in [0.25, 0.3) is 5.91 Å². The molecule has 1 aliphatic heterocycles. The van der Waals surface area contributed by atoms with Crippen molar-refractivity contribution in [2.24, 2.45) is 5.92 Å². The largest absolute Gasteiger partial charge is 0.383 e. The quantitative estimate of drug-likeness (QED) is 0.746. The molecule has 0 bridgehead atoms. The van der Waals surface area contributed by atoms with E-state index in [0.717, 1.165) is 25.9 Å². The van der Waals surface area contributed by atoms with E-state index >= 15 is 0 Å². The van der Waals surface area contributed by atoms with Crippen LogP contribution in [0, 0.1) is 5.92 Å². The number of rotatable bonds is 7. The third-order valence-electron chi connectivity index (χ3n) is 4.27. The first kappa shape index (κ1) is 18.4. The van der Waals surface area contributed by atoms with E-state index in [2.05, 4.69) is 17.6 Å². The van der Waals surface area contributed by atoms with Gasteiger partial charge in [-0.15, -0.1) is 0 Å². The Labute approximate surface area is 143 Å². The molecule has 0 atom stereocenters. The van der Waals surface area contributed by atoms with Gasteiger partial charge in [-0.3, -0.25) is 9.59 Å². The van der Waals surface area contributed by atoms with Gasteiger partial charge in [0, 0.05) is 26.7 Å². The number of ether oxygens (including phenoxy) is 1. The Morgan fingerprint density at radius 3 is 2.67 bits per heavy atom. The molecule has 2 amide bonds. The van der Waals surface area contributed by atoms with Crippen molar-refractivity contribution in [2.75, 3.05) is 45.2 Å². The van der Waals surface area contributed by atoms with E-state index < -0.39 is 0 Å². The van der Waals surface area contributed by atoms with Crippen molar-refractivity contribution in [3.63, 3.8) is 0 Å². The van der Waals surface area contributed by atoms with E-state index in [1.165, 1.54) is 0 Å². The SMILES string of the molecule is COCCNCC(=O)Nc1ccccc1C(=O)N1CCC(C)CC1. The lowest BCUT2D eigenvalue weighted by Gasteiger charge is -2.30. The molecule has 0 spiro atoms. The minimum Gasteiger partial charge on any atom is -0.383 e. The summed E-state index contributed by atoms with van der Waals surface area (Å²) >= 11 is 0. The van der Waals surface area contributed by atoms with Crippen molar-refractivity contribution in [1.29, 1.82) is 0 Å². The molecule has 1 aromatic carbocycles. The van der Waals surface area contributed by atoms with Gasteiger partial charge in [0.05, 0.1) is 24.4 Å². The van der Waals surface area contributed by atoms with Crippen LogP contribution in [-0.2, 0) is 9.53 Å². The summed E-state index contributed by atoms with van der Waals surface area (Å²) in [5.41, 5.74) is 1.12. The van der Waals surface area contributed by atoms with Crippen molar-refractivity contribution in [3.05, 3.63) is 29.8 Å². The molecule has 1 aromatic rings. The highest BCUT2D eigenvalue weighted by atomic mass is 16.5. The number of methoxy groups -OCH3 is 1. The van der Waals surface area contributed by atoms with Crippen LogP contribution in [0.25, 0.3) is 0 Å². The smallest absolute Gasteiger partial charge is 0.255 e. The van der Waals surface area contributed by atoms with Crippen LogP contribution in [0.15, 0.2) is 24.3 Å². The minimum absolute atomic E-state index is 0.00913. The molecule has 1 saturated heterocycles. The predicted molar refractivity (Wildman–Crippen MR) is 94.1 cm³/mol. The molecule has 0 aromatic heterocycles. The molecular weight excluding hydrogens is 306 g/mol. The summed E-state index contributed by atoms with van der Waals surface area (Å²) in [5.74, 6) is 0.492. The number of carbonyl (C=O) groups excluding carboxylic acids is 2. The number of nitrogens with zero attached hydrogens (tertiary/aromatic N) is 1. The van der Waals surface area contributed by atoms with Gasteiger partial charge in [0.15, 0.2) is 0 Å². The third kappa shape index (κ3) is 5.32. The second-order valence-corrected chi connectivity index (χ2v) is 6.24. The number of hydrogen-bond acceptors (Lipinski definition) is 4. The van der Waals surface area contributed by atoms with Crippen molar-refractivity contribution in [3.8, 4) is 0 Å². The number of likely N-dealkylation sites (tertiary alicyclic amines) is 1. The van der Waals surface area contributed by atoms with E-state index in [-0.39, 0.29) is 18.4 Å². The van der Waals surface area contributed by atoms with Crippen LogP contribution in [0.5, 0.6) is 0 Å². The highest BCUT2D eigenvalue weighted by Crippen LogP contribution is 2.22. The summed E-state index contributed by atoms with van der Waals surface area (Å²) in [6, 6.07) is 7.19. The fraction of sp³-hybridized carbons (Fsp3) is 0.556. The number of anilines is 1. The molecule has 2 rings (SSSR count). The van der Waals surface area contributed by atoms with Crippen LogP contribution >= 0.6 is 0 Å². The normalized spacial score (nSPS) is 15.3. The van der Waals surface area contributed by atoms with Crippen LogP contribution in [0.3, 0.4) is 0 Å². The lowest BCUT2D eigenvalue weighted by molar-refractivity contribution is -0.115. The molecule has 0 unspecified atom stereocenters. The highest BCUT2D eigenvalue weighted by molar-refractivity contribution is 6.04. The van der Waals surface area contributed by atoms with E-state index in [9.17, 15) is 9.59 Å². The molecule has 6 heteroatoms. The lowest BCUT2D eigenvalue weighted by Crippen LogP contribution is -2.38. The minimum atomic E-state index is -0.168. The van der Waals surface area contributed by atoms with E-state index in [0.29, 0.717) is 30.3 Å². The van der Waals surface area contributed by atoms with Gasteiger partial charge in [-0.25, -0.2) is 0 Å². The Kier molecular flexibility index (Phi) is 7.21. The molecular formula is C18H27N3O3. The van der Waals surface area contributed by atoms with Crippen molar-refractivity contribution in [1.82, 2.24) is 10.2 Å². The first-order chi connectivity index (χ1) is 11.6. The number of hydrogen-bond donors (Lipinski definition) is 2. The molecule has 1 aliphatic rings. The average molecular weight is 333 g/mol. The third-order valence-corrected chi connectivity index (χ3v) is 4.27. The van der Waals surface area contributed by atoms with Gasteiger partial charge >= 0.3 is 0 Å². The Bertz CT molecular complexity index is 554. The highest BCUT2D eigenvalue weighted by Gasteiger charge is 2.23. The average Bonchev–Trinajstić information content (AvgIpc) is 2.59. The fourth-order valence-corrected chi connectivity index (χ4v) is 2.73. The van der Waals surface area contributed by atoms with Crippen LogP contribution in [-0.4, -0.2) is 56.6 Å². The second-order valence-electron chi connectivity index (χ2n) is 6.24. The van der Waals surface area contributed by atoms with Gasteiger partial charge in [0.1, 0.15) is 0 Å². The molecule has 0 aliphatic carbocycles. The predicted octanol–water partition coefficient (Wildman–Crippen LogP) is 1.73. The summed E-state index contributed by atoms with van der Waals surface area (Å²) in [5, 5.41) is 5.82. The number of para-hydroxylation sites is 1. The van der Waals surface area contributed by atoms with Gasteiger partial charge in [-0.1, -0.05) is 19.1 Å². The zero-order chi connectivity index (χ0) is 17.4. The summed E-state index contributed by atoms with van der Waals surface area (Å²) in [7, 11) is 1.62. The van der Waals surface area contributed by atoms with Gasteiger partial charge in [-0.05, 0) is 30.9 Å². The van der Waals surface area contributed by atoms with Crippen LogP contribution in [0.2, 0.25) is 0 Å². The number of amides is 2. The standard InChI is InChI=1S/C18H27N3O3/c1-14-7-10-21(11-8-14)18(23)15-5-3-4-6-16(15)20-17(22)13-19-9-12-24-2/h3-6,14,19H,7-13H2,1-2H3,(H,20,22). The van der Waals surface area contributed by atoms with Gasteiger partial charge < -0.3 is 20.3 Å². The van der Waals surface area contributed by atoms with Crippen LogP contribution < -0.4 is 10.6 Å². The second kappa shape index (κ2) is 9.39. The molecule has 24 heavy (non-hydrogen) atoms. The summed E-state index contributed by atoms with van der Waals surface area (Å²) in [6.45, 7) is 5.12.